The van der Waals surface area contributed by atoms with E-state index in [1.807, 2.05) is 6.07 Å². The number of nitrogens with one attached hydrogen (secondary N) is 2. The highest BCUT2D eigenvalue weighted by atomic mass is 16.5. The SMILES string of the molecule is NC(=O)COC(=O)CCNC(=O)Nc1ccccc1. The molecular formula is C12H15N3O4. The molecule has 19 heavy (non-hydrogen) atoms. The van der Waals surface area contributed by atoms with Crippen LogP contribution in [0.3, 0.4) is 0 Å². The second-order valence-corrected chi connectivity index (χ2v) is 3.62. The smallest absolute Gasteiger partial charge is 0.319 e. The van der Waals surface area contributed by atoms with Gasteiger partial charge in [-0.1, -0.05) is 18.2 Å². The van der Waals surface area contributed by atoms with Gasteiger partial charge >= 0.3 is 12.0 Å². The average molecular weight is 265 g/mol. The largest absolute Gasteiger partial charge is 0.456 e. The van der Waals surface area contributed by atoms with Gasteiger partial charge in [0.25, 0.3) is 5.91 Å². The lowest BCUT2D eigenvalue weighted by atomic mass is 10.3. The quantitative estimate of drug-likeness (QED) is 0.639. The second-order valence-electron chi connectivity index (χ2n) is 3.62. The number of carbonyl (C=O) groups excluding carboxylic acids is 3. The molecule has 0 unspecified atom stereocenters. The molecular weight excluding hydrogens is 250 g/mol. The number of hydrogen-bond acceptors (Lipinski definition) is 4. The number of anilines is 1. The summed E-state index contributed by atoms with van der Waals surface area (Å²) < 4.78 is 4.52. The Balaban J connectivity index is 2.17. The topological polar surface area (TPSA) is 111 Å². The molecule has 0 aliphatic carbocycles. The minimum Gasteiger partial charge on any atom is -0.456 e. The van der Waals surface area contributed by atoms with Gasteiger partial charge in [0.2, 0.25) is 0 Å². The first-order valence-electron chi connectivity index (χ1n) is 5.62. The minimum absolute atomic E-state index is 0.0323. The molecule has 102 valence electrons. The fraction of sp³-hybridized carbons (Fsp3) is 0.250. The van der Waals surface area contributed by atoms with E-state index in [-0.39, 0.29) is 13.0 Å². The third-order valence-electron chi connectivity index (χ3n) is 2.02. The van der Waals surface area contributed by atoms with E-state index >= 15 is 0 Å². The van der Waals surface area contributed by atoms with Gasteiger partial charge in [0.1, 0.15) is 0 Å². The van der Waals surface area contributed by atoms with E-state index in [4.69, 9.17) is 5.73 Å². The number of hydrogen-bond donors (Lipinski definition) is 3. The summed E-state index contributed by atoms with van der Waals surface area (Å²) in [4.78, 5) is 32.9. The Morgan fingerprint density at radius 1 is 1.16 bits per heavy atom. The van der Waals surface area contributed by atoms with Gasteiger partial charge < -0.3 is 21.1 Å². The third-order valence-corrected chi connectivity index (χ3v) is 2.02. The van der Waals surface area contributed by atoms with Crippen LogP contribution in [0.15, 0.2) is 30.3 Å². The molecule has 1 rings (SSSR count). The third kappa shape index (κ3) is 6.67. The first kappa shape index (κ1) is 14.5. The van der Waals surface area contributed by atoms with Crippen molar-refractivity contribution in [3.05, 3.63) is 30.3 Å². The molecule has 7 heteroatoms. The van der Waals surface area contributed by atoms with Crippen LogP contribution in [0.1, 0.15) is 6.42 Å². The van der Waals surface area contributed by atoms with E-state index in [9.17, 15) is 14.4 Å². The van der Waals surface area contributed by atoms with Crippen molar-refractivity contribution in [2.75, 3.05) is 18.5 Å². The van der Waals surface area contributed by atoms with Crippen molar-refractivity contribution >= 4 is 23.6 Å². The maximum Gasteiger partial charge on any atom is 0.319 e. The maximum atomic E-state index is 11.4. The van der Waals surface area contributed by atoms with Crippen molar-refractivity contribution in [1.29, 1.82) is 0 Å². The number of para-hydroxylation sites is 1. The molecule has 3 amide bonds. The Hall–Kier alpha value is -2.57. The monoisotopic (exact) mass is 265 g/mol. The van der Waals surface area contributed by atoms with Crippen LogP contribution in [-0.4, -0.2) is 31.1 Å². The Morgan fingerprint density at radius 3 is 2.47 bits per heavy atom. The molecule has 7 nitrogen and oxygen atoms in total. The Morgan fingerprint density at radius 2 is 1.84 bits per heavy atom. The number of benzene rings is 1. The second kappa shape index (κ2) is 7.70. The van der Waals surface area contributed by atoms with Crippen LogP contribution in [0.25, 0.3) is 0 Å². The first-order valence-corrected chi connectivity index (χ1v) is 5.62. The zero-order chi connectivity index (χ0) is 14.1. The number of nitrogens with two attached hydrogens (primary N) is 1. The molecule has 0 bridgehead atoms. The summed E-state index contributed by atoms with van der Waals surface area (Å²) in [5.74, 6) is -1.32. The Bertz CT molecular complexity index is 448. The van der Waals surface area contributed by atoms with E-state index in [2.05, 4.69) is 15.4 Å². The number of carbonyl (C=O) groups is 3. The predicted molar refractivity (Wildman–Crippen MR) is 68.2 cm³/mol. The molecule has 0 radical (unpaired) electrons. The fourth-order valence-corrected chi connectivity index (χ4v) is 1.20. The van der Waals surface area contributed by atoms with Crippen LogP contribution in [-0.2, 0) is 14.3 Å². The van der Waals surface area contributed by atoms with Crippen molar-refractivity contribution in [2.24, 2.45) is 5.73 Å². The van der Waals surface area contributed by atoms with Gasteiger partial charge in [0.05, 0.1) is 6.42 Å². The molecule has 0 heterocycles. The number of ether oxygens (including phenoxy) is 1. The average Bonchev–Trinajstić information content (AvgIpc) is 2.37. The molecule has 1 aromatic rings. The van der Waals surface area contributed by atoms with Crippen molar-refractivity contribution in [3.8, 4) is 0 Å². The van der Waals surface area contributed by atoms with Gasteiger partial charge in [-0.15, -0.1) is 0 Å². The van der Waals surface area contributed by atoms with Gasteiger partial charge in [0, 0.05) is 12.2 Å². The lowest BCUT2D eigenvalue weighted by Gasteiger charge is -2.07. The summed E-state index contributed by atoms with van der Waals surface area (Å²) >= 11 is 0. The normalized spacial score (nSPS) is 9.47. The molecule has 0 saturated carbocycles. The van der Waals surface area contributed by atoms with E-state index in [0.717, 1.165) is 0 Å². The van der Waals surface area contributed by atoms with Gasteiger partial charge in [0.15, 0.2) is 6.61 Å². The molecule has 0 atom stereocenters. The number of rotatable bonds is 6. The summed E-state index contributed by atoms with van der Waals surface area (Å²) in [6.07, 6.45) is -0.0323. The van der Waals surface area contributed by atoms with Gasteiger partial charge in [-0.2, -0.15) is 0 Å². The summed E-state index contributed by atoms with van der Waals surface area (Å²) in [6, 6.07) is 8.46. The molecule has 0 aliphatic heterocycles. The van der Waals surface area contributed by atoms with Crippen LogP contribution in [0.5, 0.6) is 0 Å². The van der Waals surface area contributed by atoms with Crippen LogP contribution in [0.4, 0.5) is 10.5 Å². The van der Waals surface area contributed by atoms with Crippen LogP contribution in [0.2, 0.25) is 0 Å². The van der Waals surface area contributed by atoms with Crippen molar-refractivity contribution in [2.45, 2.75) is 6.42 Å². The summed E-state index contributed by atoms with van der Waals surface area (Å²) in [5, 5.41) is 5.07. The van der Waals surface area contributed by atoms with E-state index in [1.54, 1.807) is 24.3 Å². The summed E-state index contributed by atoms with van der Waals surface area (Å²) in [5.41, 5.74) is 5.46. The molecule has 0 aromatic heterocycles. The number of amides is 3. The van der Waals surface area contributed by atoms with Crippen molar-refractivity contribution in [1.82, 2.24) is 5.32 Å². The molecule has 0 saturated heterocycles. The standard InChI is InChI=1S/C12H15N3O4/c13-10(16)8-19-11(17)6-7-14-12(18)15-9-4-2-1-3-5-9/h1-5H,6-8H2,(H2,13,16)(H2,14,15,18). The first-order chi connectivity index (χ1) is 9.08. The van der Waals surface area contributed by atoms with Crippen molar-refractivity contribution in [3.63, 3.8) is 0 Å². The molecule has 0 fully saturated rings. The van der Waals surface area contributed by atoms with Crippen molar-refractivity contribution < 1.29 is 19.1 Å². The highest BCUT2D eigenvalue weighted by Crippen LogP contribution is 2.03. The van der Waals surface area contributed by atoms with Crippen LogP contribution < -0.4 is 16.4 Å². The Labute approximate surface area is 110 Å². The van der Waals surface area contributed by atoms with Gasteiger partial charge in [-0.3, -0.25) is 9.59 Å². The summed E-state index contributed by atoms with van der Waals surface area (Å²) in [7, 11) is 0. The maximum absolute atomic E-state index is 11.4. The van der Waals surface area contributed by atoms with Crippen LogP contribution in [0, 0.1) is 0 Å². The zero-order valence-corrected chi connectivity index (χ0v) is 10.2. The highest BCUT2D eigenvalue weighted by Gasteiger charge is 2.06. The Kier molecular flexibility index (Phi) is 5.87. The molecule has 4 N–H and O–H groups in total. The minimum atomic E-state index is -0.719. The lowest BCUT2D eigenvalue weighted by molar-refractivity contribution is -0.147. The molecule has 0 spiro atoms. The van der Waals surface area contributed by atoms with E-state index < -0.39 is 24.5 Å². The predicted octanol–water partition coefficient (Wildman–Crippen LogP) is 0.227. The van der Waals surface area contributed by atoms with E-state index in [0.29, 0.717) is 5.69 Å². The molecule has 0 aliphatic rings. The fourth-order valence-electron chi connectivity index (χ4n) is 1.20. The zero-order valence-electron chi connectivity index (χ0n) is 10.2. The number of primary amides is 1. The van der Waals surface area contributed by atoms with Gasteiger partial charge in [-0.05, 0) is 12.1 Å². The van der Waals surface area contributed by atoms with E-state index in [1.165, 1.54) is 0 Å². The number of esters is 1. The lowest BCUT2D eigenvalue weighted by Crippen LogP contribution is -2.31. The number of urea groups is 1. The van der Waals surface area contributed by atoms with Crippen LogP contribution >= 0.6 is 0 Å². The highest BCUT2D eigenvalue weighted by molar-refractivity contribution is 5.89. The summed E-state index contributed by atoms with van der Waals surface area (Å²) in [6.45, 7) is -0.342. The van der Waals surface area contributed by atoms with Gasteiger partial charge in [-0.25, -0.2) is 4.79 Å². The molecule has 1 aromatic carbocycles.